The van der Waals surface area contributed by atoms with Crippen molar-refractivity contribution in [3.8, 4) is 0 Å². The van der Waals surface area contributed by atoms with Gasteiger partial charge in [0.25, 0.3) is 0 Å². The maximum atomic E-state index is 5.70. The van der Waals surface area contributed by atoms with E-state index in [0.29, 0.717) is 25.8 Å². The van der Waals surface area contributed by atoms with Crippen LogP contribution in [0.2, 0.25) is 0 Å². The molecule has 2 saturated heterocycles. The third kappa shape index (κ3) is 6.70. The van der Waals surface area contributed by atoms with Crippen molar-refractivity contribution in [3.63, 3.8) is 0 Å². The van der Waals surface area contributed by atoms with Crippen LogP contribution in [0.1, 0.15) is 32.6 Å². The molecule has 0 aromatic heterocycles. The van der Waals surface area contributed by atoms with E-state index in [4.69, 9.17) is 9.47 Å². The third-order valence-corrected chi connectivity index (χ3v) is 5.13. The van der Waals surface area contributed by atoms with Crippen LogP contribution < -0.4 is 15.5 Å². The van der Waals surface area contributed by atoms with Gasteiger partial charge in [-0.15, -0.1) is 0 Å². The highest BCUT2D eigenvalue weighted by atomic mass is 16.5. The van der Waals surface area contributed by atoms with Crippen LogP contribution in [-0.4, -0.2) is 64.1 Å². The lowest BCUT2D eigenvalue weighted by Gasteiger charge is -2.34. The minimum atomic E-state index is 0.287. The lowest BCUT2D eigenvalue weighted by atomic mass is 10.0. The maximum absolute atomic E-state index is 5.70. The molecule has 2 aliphatic rings. The van der Waals surface area contributed by atoms with Gasteiger partial charge in [-0.1, -0.05) is 18.2 Å². The first kappa shape index (κ1) is 20.0. The molecule has 2 aliphatic heterocycles. The Balaban J connectivity index is 1.37. The molecule has 2 fully saturated rings. The lowest BCUT2D eigenvalue weighted by Crippen LogP contribution is -2.48. The number of piperidine rings is 1. The van der Waals surface area contributed by atoms with Crippen molar-refractivity contribution < 1.29 is 9.47 Å². The molecule has 0 aliphatic carbocycles. The number of hydrogen-bond donors (Lipinski definition) is 2. The Morgan fingerprint density at radius 1 is 1.22 bits per heavy atom. The van der Waals surface area contributed by atoms with Gasteiger partial charge < -0.3 is 25.0 Å². The quantitative estimate of drug-likeness (QED) is 0.416. The molecule has 6 heteroatoms. The first-order chi connectivity index (χ1) is 13.3. The molecule has 27 heavy (non-hydrogen) atoms. The molecule has 3 rings (SSSR count). The van der Waals surface area contributed by atoms with Crippen molar-refractivity contribution in [3.05, 3.63) is 30.3 Å². The number of guanidine groups is 1. The summed E-state index contributed by atoms with van der Waals surface area (Å²) in [5.41, 5.74) is 1.32. The number of hydrogen-bond acceptors (Lipinski definition) is 4. The van der Waals surface area contributed by atoms with Crippen molar-refractivity contribution in [1.29, 1.82) is 0 Å². The summed E-state index contributed by atoms with van der Waals surface area (Å²) >= 11 is 0. The van der Waals surface area contributed by atoms with Crippen molar-refractivity contribution in [2.45, 2.75) is 44.8 Å². The Kier molecular flexibility index (Phi) is 8.24. The zero-order valence-corrected chi connectivity index (χ0v) is 16.5. The molecule has 6 nitrogen and oxygen atoms in total. The van der Waals surface area contributed by atoms with E-state index in [1.54, 1.807) is 0 Å². The Morgan fingerprint density at radius 2 is 2.04 bits per heavy atom. The predicted molar refractivity (Wildman–Crippen MR) is 111 cm³/mol. The van der Waals surface area contributed by atoms with Gasteiger partial charge in [0.1, 0.15) is 0 Å². The molecule has 0 amide bonds. The van der Waals surface area contributed by atoms with Gasteiger partial charge >= 0.3 is 0 Å². The second-order valence-electron chi connectivity index (χ2n) is 7.21. The van der Waals surface area contributed by atoms with Crippen LogP contribution in [0.4, 0.5) is 5.69 Å². The van der Waals surface area contributed by atoms with Gasteiger partial charge in [-0.05, 0) is 44.7 Å². The summed E-state index contributed by atoms with van der Waals surface area (Å²) in [4.78, 5) is 7.12. The highest BCUT2D eigenvalue weighted by Crippen LogP contribution is 2.19. The molecular weight excluding hydrogens is 340 g/mol. The fraction of sp³-hybridized carbons (Fsp3) is 0.667. The first-order valence-electron chi connectivity index (χ1n) is 10.4. The van der Waals surface area contributed by atoms with Gasteiger partial charge in [-0.3, -0.25) is 4.99 Å². The number of ether oxygens (including phenoxy) is 2. The molecule has 1 unspecified atom stereocenters. The Labute approximate surface area is 163 Å². The fourth-order valence-electron chi connectivity index (χ4n) is 3.65. The molecule has 0 bridgehead atoms. The highest BCUT2D eigenvalue weighted by molar-refractivity contribution is 5.80. The average molecular weight is 375 g/mol. The van der Waals surface area contributed by atoms with Crippen molar-refractivity contribution in [2.75, 3.05) is 50.9 Å². The van der Waals surface area contributed by atoms with Crippen LogP contribution in [0.25, 0.3) is 0 Å². The van der Waals surface area contributed by atoms with Crippen LogP contribution in [0.3, 0.4) is 0 Å². The van der Waals surface area contributed by atoms with Crippen molar-refractivity contribution in [2.24, 2.45) is 4.99 Å². The summed E-state index contributed by atoms with van der Waals surface area (Å²) < 4.78 is 11.3. The SMILES string of the molecule is CCNC(=NCCOCC1CCCO1)NC1CCN(c2ccccc2)CC1. The van der Waals surface area contributed by atoms with Gasteiger partial charge in [0.15, 0.2) is 5.96 Å². The summed E-state index contributed by atoms with van der Waals surface area (Å²) in [7, 11) is 0. The summed E-state index contributed by atoms with van der Waals surface area (Å²) in [6, 6.07) is 11.1. The smallest absolute Gasteiger partial charge is 0.191 e. The zero-order chi connectivity index (χ0) is 18.7. The van der Waals surface area contributed by atoms with E-state index in [2.05, 4.69) is 57.8 Å². The molecule has 1 aromatic rings. The first-order valence-corrected chi connectivity index (χ1v) is 10.4. The number of aliphatic imine (C=N–C) groups is 1. The normalized spacial score (nSPS) is 21.4. The van der Waals surface area contributed by atoms with E-state index < -0.39 is 0 Å². The number of benzene rings is 1. The van der Waals surface area contributed by atoms with E-state index in [1.807, 2.05) is 0 Å². The fourth-order valence-corrected chi connectivity index (χ4v) is 3.65. The molecule has 0 saturated carbocycles. The topological polar surface area (TPSA) is 58.1 Å². The standard InChI is InChI=1S/C21H34N4O2/c1-2-22-21(23-12-16-26-17-20-9-6-15-27-20)24-18-10-13-25(14-11-18)19-7-4-3-5-8-19/h3-5,7-8,18,20H,2,6,9-17H2,1H3,(H2,22,23,24). The van der Waals surface area contributed by atoms with Crippen LogP contribution in [0.5, 0.6) is 0 Å². The van der Waals surface area contributed by atoms with Gasteiger partial charge in [-0.2, -0.15) is 0 Å². The predicted octanol–water partition coefficient (Wildman–Crippen LogP) is 2.41. The number of anilines is 1. The Bertz CT molecular complexity index is 553. The van der Waals surface area contributed by atoms with Crippen molar-refractivity contribution in [1.82, 2.24) is 10.6 Å². The number of para-hydroxylation sites is 1. The monoisotopic (exact) mass is 374 g/mol. The zero-order valence-electron chi connectivity index (χ0n) is 16.5. The average Bonchev–Trinajstić information content (AvgIpc) is 3.23. The summed E-state index contributed by atoms with van der Waals surface area (Å²) in [6.07, 6.45) is 4.80. The van der Waals surface area contributed by atoms with E-state index in [0.717, 1.165) is 57.9 Å². The van der Waals surface area contributed by atoms with E-state index in [-0.39, 0.29) is 6.10 Å². The van der Waals surface area contributed by atoms with Gasteiger partial charge in [0, 0.05) is 38.0 Å². The molecule has 1 aromatic carbocycles. The molecule has 150 valence electrons. The Hall–Kier alpha value is -1.79. The molecule has 2 N–H and O–H groups in total. The van der Waals surface area contributed by atoms with Crippen LogP contribution in [-0.2, 0) is 9.47 Å². The van der Waals surface area contributed by atoms with Gasteiger partial charge in [0.05, 0.1) is 25.9 Å². The minimum Gasteiger partial charge on any atom is -0.377 e. The second kappa shape index (κ2) is 11.1. The molecular formula is C21H34N4O2. The van der Waals surface area contributed by atoms with Crippen LogP contribution in [0.15, 0.2) is 35.3 Å². The Morgan fingerprint density at radius 3 is 2.74 bits per heavy atom. The van der Waals surface area contributed by atoms with Crippen LogP contribution >= 0.6 is 0 Å². The number of rotatable bonds is 8. The molecule has 1 atom stereocenters. The summed E-state index contributed by atoms with van der Waals surface area (Å²) in [6.45, 7) is 8.00. The lowest BCUT2D eigenvalue weighted by molar-refractivity contribution is 0.0200. The molecule has 0 radical (unpaired) electrons. The van der Waals surface area contributed by atoms with Gasteiger partial charge in [-0.25, -0.2) is 0 Å². The van der Waals surface area contributed by atoms with Crippen LogP contribution in [0, 0.1) is 0 Å². The van der Waals surface area contributed by atoms with Gasteiger partial charge in [0.2, 0.25) is 0 Å². The summed E-state index contributed by atoms with van der Waals surface area (Å²) in [5, 5.41) is 6.94. The largest absolute Gasteiger partial charge is 0.377 e. The number of nitrogens with zero attached hydrogens (tertiary/aromatic N) is 2. The second-order valence-corrected chi connectivity index (χ2v) is 7.21. The minimum absolute atomic E-state index is 0.287. The third-order valence-electron chi connectivity index (χ3n) is 5.13. The van der Waals surface area contributed by atoms with E-state index >= 15 is 0 Å². The summed E-state index contributed by atoms with van der Waals surface area (Å²) in [5.74, 6) is 0.899. The number of nitrogens with one attached hydrogen (secondary N) is 2. The maximum Gasteiger partial charge on any atom is 0.191 e. The highest BCUT2D eigenvalue weighted by Gasteiger charge is 2.20. The molecule has 0 spiro atoms. The molecule has 2 heterocycles. The van der Waals surface area contributed by atoms with E-state index in [1.165, 1.54) is 5.69 Å². The van der Waals surface area contributed by atoms with Crippen molar-refractivity contribution >= 4 is 11.6 Å². The van der Waals surface area contributed by atoms with E-state index in [9.17, 15) is 0 Å².